The fourth-order valence-corrected chi connectivity index (χ4v) is 2.37. The highest BCUT2D eigenvalue weighted by Gasteiger charge is 2.26. The smallest absolute Gasteiger partial charge is 0.409 e. The molecule has 2 saturated heterocycles. The monoisotopic (exact) mass is 299 g/mol. The first kappa shape index (κ1) is 15.4. The van der Waals surface area contributed by atoms with Gasteiger partial charge in [-0.1, -0.05) is 0 Å². The standard InChI is InChI=1S/C13H21N3O5/c1-2-20-12(18)16-7-5-14(6-8-16)11(17)3-4-15-9-10-21-13(15)19/h2-10H2,1H3. The predicted molar refractivity (Wildman–Crippen MR) is 72.7 cm³/mol. The number of cyclic esters (lactones) is 1. The Morgan fingerprint density at radius 2 is 1.81 bits per heavy atom. The molecule has 0 aromatic carbocycles. The number of amides is 3. The van der Waals surface area contributed by atoms with Crippen molar-refractivity contribution in [3.63, 3.8) is 0 Å². The highest BCUT2D eigenvalue weighted by molar-refractivity contribution is 5.78. The minimum absolute atomic E-state index is 0.00166. The maximum Gasteiger partial charge on any atom is 0.409 e. The fourth-order valence-electron chi connectivity index (χ4n) is 2.37. The lowest BCUT2D eigenvalue weighted by Gasteiger charge is -2.34. The topological polar surface area (TPSA) is 79.4 Å². The van der Waals surface area contributed by atoms with Gasteiger partial charge in [-0.05, 0) is 6.92 Å². The van der Waals surface area contributed by atoms with Crippen LogP contribution < -0.4 is 0 Å². The molecule has 0 aromatic rings. The molecule has 2 aliphatic heterocycles. The lowest BCUT2D eigenvalue weighted by molar-refractivity contribution is -0.132. The first-order valence-corrected chi connectivity index (χ1v) is 7.23. The minimum Gasteiger partial charge on any atom is -0.450 e. The van der Waals surface area contributed by atoms with Gasteiger partial charge in [0.2, 0.25) is 5.91 Å². The maximum atomic E-state index is 12.1. The second kappa shape index (κ2) is 7.14. The molecule has 0 N–H and O–H groups in total. The van der Waals surface area contributed by atoms with Crippen molar-refractivity contribution in [2.75, 3.05) is 52.5 Å². The van der Waals surface area contributed by atoms with Gasteiger partial charge in [-0.2, -0.15) is 0 Å². The summed E-state index contributed by atoms with van der Waals surface area (Å²) in [5.74, 6) is -0.00166. The number of piperazine rings is 1. The van der Waals surface area contributed by atoms with E-state index >= 15 is 0 Å². The summed E-state index contributed by atoms with van der Waals surface area (Å²) in [6, 6.07) is 0. The van der Waals surface area contributed by atoms with Crippen molar-refractivity contribution in [2.24, 2.45) is 0 Å². The quantitative estimate of drug-likeness (QED) is 0.737. The Labute approximate surface area is 123 Å². The number of hydrogen-bond acceptors (Lipinski definition) is 5. The molecule has 2 heterocycles. The fraction of sp³-hybridized carbons (Fsp3) is 0.769. The van der Waals surface area contributed by atoms with E-state index in [2.05, 4.69) is 0 Å². The van der Waals surface area contributed by atoms with E-state index in [1.54, 1.807) is 16.7 Å². The Balaban J connectivity index is 1.70. The summed E-state index contributed by atoms with van der Waals surface area (Å²) < 4.78 is 9.74. The zero-order valence-electron chi connectivity index (χ0n) is 12.2. The van der Waals surface area contributed by atoms with E-state index in [1.165, 1.54) is 4.90 Å². The van der Waals surface area contributed by atoms with Crippen molar-refractivity contribution >= 4 is 18.1 Å². The third kappa shape index (κ3) is 3.99. The highest BCUT2D eigenvalue weighted by atomic mass is 16.6. The highest BCUT2D eigenvalue weighted by Crippen LogP contribution is 2.08. The van der Waals surface area contributed by atoms with Crippen LogP contribution in [0.1, 0.15) is 13.3 Å². The van der Waals surface area contributed by atoms with Crippen LogP contribution in [0.5, 0.6) is 0 Å². The van der Waals surface area contributed by atoms with Gasteiger partial charge in [0.1, 0.15) is 6.61 Å². The molecule has 0 saturated carbocycles. The Morgan fingerprint density at radius 1 is 1.14 bits per heavy atom. The normalized spacial score (nSPS) is 18.7. The van der Waals surface area contributed by atoms with Crippen molar-refractivity contribution in [1.82, 2.24) is 14.7 Å². The molecule has 2 fully saturated rings. The van der Waals surface area contributed by atoms with Crippen LogP contribution in [0.3, 0.4) is 0 Å². The summed E-state index contributed by atoms with van der Waals surface area (Å²) in [6.45, 7) is 5.41. The Morgan fingerprint density at radius 3 is 2.38 bits per heavy atom. The van der Waals surface area contributed by atoms with Crippen LogP contribution >= 0.6 is 0 Å². The average Bonchev–Trinajstić information content (AvgIpc) is 2.90. The number of carbonyl (C=O) groups is 3. The molecule has 8 nitrogen and oxygen atoms in total. The molecule has 3 amide bonds. The minimum atomic E-state index is -0.352. The summed E-state index contributed by atoms with van der Waals surface area (Å²) in [5.41, 5.74) is 0. The second-order valence-corrected chi connectivity index (χ2v) is 4.92. The van der Waals surface area contributed by atoms with E-state index in [0.717, 1.165) is 0 Å². The lowest BCUT2D eigenvalue weighted by Crippen LogP contribution is -2.51. The molecule has 0 atom stereocenters. The molecule has 2 rings (SSSR count). The molecule has 8 heteroatoms. The molecule has 0 aliphatic carbocycles. The molecule has 21 heavy (non-hydrogen) atoms. The van der Waals surface area contributed by atoms with Crippen LogP contribution in [-0.4, -0.2) is 85.3 Å². The molecule has 0 bridgehead atoms. The number of ether oxygens (including phenoxy) is 2. The van der Waals surface area contributed by atoms with E-state index < -0.39 is 0 Å². The molecule has 0 radical (unpaired) electrons. The van der Waals surface area contributed by atoms with Gasteiger partial charge in [0, 0.05) is 39.1 Å². The lowest BCUT2D eigenvalue weighted by atomic mass is 10.2. The van der Waals surface area contributed by atoms with Gasteiger partial charge in [-0.25, -0.2) is 9.59 Å². The van der Waals surface area contributed by atoms with E-state index in [4.69, 9.17) is 9.47 Å². The average molecular weight is 299 g/mol. The van der Waals surface area contributed by atoms with E-state index in [1.807, 2.05) is 0 Å². The van der Waals surface area contributed by atoms with Crippen molar-refractivity contribution in [3.05, 3.63) is 0 Å². The van der Waals surface area contributed by atoms with Gasteiger partial charge < -0.3 is 24.2 Å². The van der Waals surface area contributed by atoms with Crippen LogP contribution in [0, 0.1) is 0 Å². The Hall–Kier alpha value is -1.99. The number of nitrogens with zero attached hydrogens (tertiary/aromatic N) is 3. The van der Waals surface area contributed by atoms with E-state index in [0.29, 0.717) is 52.5 Å². The summed E-state index contributed by atoms with van der Waals surface area (Å²) in [6.07, 6.45) is -0.395. The zero-order valence-corrected chi connectivity index (χ0v) is 12.2. The van der Waals surface area contributed by atoms with Crippen LogP contribution in [0.15, 0.2) is 0 Å². The van der Waals surface area contributed by atoms with Crippen molar-refractivity contribution in [3.8, 4) is 0 Å². The molecule has 2 aliphatic rings. The van der Waals surface area contributed by atoms with Gasteiger partial charge >= 0.3 is 12.2 Å². The summed E-state index contributed by atoms with van der Waals surface area (Å²) in [5, 5.41) is 0. The van der Waals surface area contributed by atoms with E-state index in [9.17, 15) is 14.4 Å². The third-order valence-corrected chi connectivity index (χ3v) is 3.60. The van der Waals surface area contributed by atoms with Gasteiger partial charge in [-0.3, -0.25) is 4.79 Å². The third-order valence-electron chi connectivity index (χ3n) is 3.60. The number of hydrogen-bond donors (Lipinski definition) is 0. The Kier molecular flexibility index (Phi) is 5.24. The molecule has 0 aromatic heterocycles. The maximum absolute atomic E-state index is 12.1. The zero-order chi connectivity index (χ0) is 15.2. The van der Waals surface area contributed by atoms with Crippen molar-refractivity contribution in [2.45, 2.75) is 13.3 Å². The van der Waals surface area contributed by atoms with Crippen molar-refractivity contribution in [1.29, 1.82) is 0 Å². The molecule has 118 valence electrons. The van der Waals surface area contributed by atoms with Crippen LogP contribution in [0.4, 0.5) is 9.59 Å². The first-order chi connectivity index (χ1) is 10.1. The van der Waals surface area contributed by atoms with Crippen LogP contribution in [0.25, 0.3) is 0 Å². The van der Waals surface area contributed by atoms with Gasteiger partial charge in [0.25, 0.3) is 0 Å². The van der Waals surface area contributed by atoms with E-state index in [-0.39, 0.29) is 24.5 Å². The second-order valence-electron chi connectivity index (χ2n) is 4.92. The predicted octanol–water partition coefficient (Wildman–Crippen LogP) is 0.129. The molecular weight excluding hydrogens is 278 g/mol. The van der Waals surface area contributed by atoms with Gasteiger partial charge in [-0.15, -0.1) is 0 Å². The molecule has 0 unspecified atom stereocenters. The van der Waals surface area contributed by atoms with Crippen LogP contribution in [-0.2, 0) is 14.3 Å². The Bertz CT molecular complexity index is 407. The number of rotatable bonds is 4. The first-order valence-electron chi connectivity index (χ1n) is 7.23. The summed E-state index contributed by atoms with van der Waals surface area (Å²) in [7, 11) is 0. The largest absolute Gasteiger partial charge is 0.450 e. The van der Waals surface area contributed by atoms with Gasteiger partial charge in [0.15, 0.2) is 0 Å². The summed E-state index contributed by atoms with van der Waals surface area (Å²) >= 11 is 0. The summed E-state index contributed by atoms with van der Waals surface area (Å²) in [4.78, 5) is 39.7. The van der Waals surface area contributed by atoms with Crippen LogP contribution in [0.2, 0.25) is 0 Å². The molecular formula is C13H21N3O5. The SMILES string of the molecule is CCOC(=O)N1CCN(C(=O)CCN2CCOC2=O)CC1. The van der Waals surface area contributed by atoms with Gasteiger partial charge in [0.05, 0.1) is 13.2 Å². The molecule has 0 spiro atoms. The van der Waals surface area contributed by atoms with Crippen molar-refractivity contribution < 1.29 is 23.9 Å². The number of carbonyl (C=O) groups excluding carboxylic acids is 3.